The van der Waals surface area contributed by atoms with Crippen LogP contribution in [-0.4, -0.2) is 15.9 Å². The zero-order valence-electron chi connectivity index (χ0n) is 10.6. The molecule has 0 bridgehead atoms. The van der Waals surface area contributed by atoms with Crippen LogP contribution in [0.2, 0.25) is 0 Å². The molecule has 0 saturated carbocycles. The van der Waals surface area contributed by atoms with Crippen LogP contribution >= 0.6 is 11.8 Å². The van der Waals surface area contributed by atoms with E-state index < -0.39 is 0 Å². The van der Waals surface area contributed by atoms with Crippen molar-refractivity contribution in [1.29, 1.82) is 5.26 Å². The molecule has 1 rings (SSSR count). The summed E-state index contributed by atoms with van der Waals surface area (Å²) in [7, 11) is 0. The highest BCUT2D eigenvalue weighted by Gasteiger charge is 2.13. The first-order valence-corrected chi connectivity index (χ1v) is 7.06. The fourth-order valence-electron chi connectivity index (χ4n) is 1.32. The lowest BCUT2D eigenvalue weighted by atomic mass is 10.1. The molecule has 0 spiro atoms. The summed E-state index contributed by atoms with van der Waals surface area (Å²) in [5, 5.41) is 12.5. The van der Waals surface area contributed by atoms with Gasteiger partial charge in [-0.3, -0.25) is 0 Å². The summed E-state index contributed by atoms with van der Waals surface area (Å²) in [6.45, 7) is 6.40. The van der Waals surface area contributed by atoms with E-state index in [0.29, 0.717) is 18.2 Å². The summed E-state index contributed by atoms with van der Waals surface area (Å²) in [6, 6.07) is 2.13. The van der Waals surface area contributed by atoms with Crippen molar-refractivity contribution >= 4 is 11.8 Å². The van der Waals surface area contributed by atoms with E-state index in [4.69, 9.17) is 9.78 Å². The Balaban J connectivity index is 2.39. The van der Waals surface area contributed by atoms with Crippen molar-refractivity contribution in [3.8, 4) is 6.07 Å². The average molecular weight is 253 g/mol. The minimum absolute atomic E-state index is 0.172. The van der Waals surface area contributed by atoms with Gasteiger partial charge < -0.3 is 4.52 Å². The molecule has 0 aliphatic rings. The van der Waals surface area contributed by atoms with Gasteiger partial charge in [0.25, 0.3) is 0 Å². The summed E-state index contributed by atoms with van der Waals surface area (Å²) in [5.41, 5.74) is 0. The predicted molar refractivity (Wildman–Crippen MR) is 68.6 cm³/mol. The Labute approximate surface area is 107 Å². The van der Waals surface area contributed by atoms with Crippen molar-refractivity contribution in [1.82, 2.24) is 10.1 Å². The van der Waals surface area contributed by atoms with Gasteiger partial charge in [0.1, 0.15) is 0 Å². The molecular weight excluding hydrogens is 234 g/mol. The van der Waals surface area contributed by atoms with E-state index in [1.54, 1.807) is 0 Å². The molecule has 1 aromatic rings. The minimum Gasteiger partial charge on any atom is -0.339 e. The van der Waals surface area contributed by atoms with Crippen LogP contribution in [-0.2, 0) is 5.75 Å². The highest BCUT2D eigenvalue weighted by Crippen LogP contribution is 2.20. The molecular formula is C12H19N3OS. The van der Waals surface area contributed by atoms with Crippen LogP contribution in [0.4, 0.5) is 0 Å². The van der Waals surface area contributed by atoms with Crippen molar-refractivity contribution < 1.29 is 4.52 Å². The summed E-state index contributed by atoms with van der Waals surface area (Å²) >= 11 is 1.82. The Morgan fingerprint density at radius 3 is 2.82 bits per heavy atom. The second-order valence-electron chi connectivity index (χ2n) is 4.56. The van der Waals surface area contributed by atoms with Gasteiger partial charge in [0, 0.05) is 12.3 Å². The van der Waals surface area contributed by atoms with Gasteiger partial charge in [0.15, 0.2) is 5.82 Å². The number of aromatic nitrogens is 2. The average Bonchev–Trinajstić information content (AvgIpc) is 2.74. The van der Waals surface area contributed by atoms with Gasteiger partial charge in [-0.25, -0.2) is 0 Å². The van der Waals surface area contributed by atoms with Crippen LogP contribution in [0.5, 0.6) is 0 Å². The lowest BCUT2D eigenvalue weighted by molar-refractivity contribution is 0.351. The Kier molecular flexibility index (Phi) is 6.06. The molecule has 4 nitrogen and oxygen atoms in total. The van der Waals surface area contributed by atoms with Crippen LogP contribution in [0.3, 0.4) is 0 Å². The summed E-state index contributed by atoms with van der Waals surface area (Å²) in [4.78, 5) is 4.35. The maximum atomic E-state index is 8.52. The molecule has 1 atom stereocenters. The van der Waals surface area contributed by atoms with E-state index in [1.165, 1.54) is 0 Å². The van der Waals surface area contributed by atoms with Crippen LogP contribution in [0.1, 0.15) is 51.2 Å². The maximum Gasteiger partial charge on any atom is 0.229 e. The molecule has 1 heterocycles. The third-order valence-electron chi connectivity index (χ3n) is 2.28. The van der Waals surface area contributed by atoms with Crippen molar-refractivity contribution in [3.05, 3.63) is 11.7 Å². The number of nitriles is 1. The lowest BCUT2D eigenvalue weighted by Crippen LogP contribution is -1.95. The molecule has 5 heteroatoms. The van der Waals surface area contributed by atoms with Gasteiger partial charge in [-0.2, -0.15) is 22.0 Å². The highest BCUT2D eigenvalue weighted by atomic mass is 32.2. The molecule has 0 fully saturated rings. The Morgan fingerprint density at radius 2 is 2.18 bits per heavy atom. The first-order chi connectivity index (χ1) is 8.13. The van der Waals surface area contributed by atoms with Gasteiger partial charge >= 0.3 is 0 Å². The zero-order chi connectivity index (χ0) is 12.7. The first-order valence-electron chi connectivity index (χ1n) is 5.90. The third-order valence-corrected chi connectivity index (χ3v) is 3.64. The normalized spacial score (nSPS) is 12.6. The molecule has 0 N–H and O–H groups in total. The highest BCUT2D eigenvalue weighted by molar-refractivity contribution is 7.98. The largest absolute Gasteiger partial charge is 0.339 e. The summed E-state index contributed by atoms with van der Waals surface area (Å²) in [5.74, 6) is 4.17. The molecule has 1 unspecified atom stereocenters. The van der Waals surface area contributed by atoms with E-state index in [9.17, 15) is 0 Å². The topological polar surface area (TPSA) is 62.7 Å². The third kappa shape index (κ3) is 5.22. The number of rotatable bonds is 7. The van der Waals surface area contributed by atoms with Gasteiger partial charge in [-0.1, -0.05) is 25.9 Å². The molecule has 0 amide bonds. The number of hydrogen-bond acceptors (Lipinski definition) is 5. The van der Waals surface area contributed by atoms with E-state index in [1.807, 2.05) is 18.7 Å². The number of thioether (sulfide) groups is 1. The van der Waals surface area contributed by atoms with Crippen LogP contribution in [0.15, 0.2) is 4.52 Å². The molecule has 0 aliphatic carbocycles. The Morgan fingerprint density at radius 1 is 1.41 bits per heavy atom. The molecule has 17 heavy (non-hydrogen) atoms. The maximum absolute atomic E-state index is 8.52. The van der Waals surface area contributed by atoms with Gasteiger partial charge in [0.2, 0.25) is 5.89 Å². The second kappa shape index (κ2) is 7.33. The fraction of sp³-hybridized carbons (Fsp3) is 0.750. The van der Waals surface area contributed by atoms with Gasteiger partial charge in [0.05, 0.1) is 11.8 Å². The van der Waals surface area contributed by atoms with Crippen molar-refractivity contribution in [2.24, 2.45) is 5.92 Å². The number of hydrogen-bond donors (Lipinski definition) is 0. The fourth-order valence-corrected chi connectivity index (χ4v) is 2.21. The zero-order valence-corrected chi connectivity index (χ0v) is 11.5. The molecule has 0 radical (unpaired) electrons. The van der Waals surface area contributed by atoms with Crippen LogP contribution < -0.4 is 0 Å². The van der Waals surface area contributed by atoms with Crippen molar-refractivity contribution in [2.45, 2.75) is 45.3 Å². The summed E-state index contributed by atoms with van der Waals surface area (Å²) < 4.78 is 5.20. The first kappa shape index (κ1) is 14.0. The predicted octanol–water partition coefficient (Wildman–Crippen LogP) is 3.37. The standard InChI is InChI=1S/C12H19N3OS/c1-9(2)7-17-8-11-14-12(16-15-11)10(3)5-4-6-13/h9-10H,4-5,7-8H2,1-3H3. The van der Waals surface area contributed by atoms with E-state index in [0.717, 1.165) is 23.8 Å². The van der Waals surface area contributed by atoms with Gasteiger partial charge in [-0.15, -0.1) is 0 Å². The quantitative estimate of drug-likeness (QED) is 0.745. The molecule has 1 aromatic heterocycles. The van der Waals surface area contributed by atoms with E-state index in [2.05, 4.69) is 30.1 Å². The van der Waals surface area contributed by atoms with E-state index >= 15 is 0 Å². The van der Waals surface area contributed by atoms with Crippen LogP contribution in [0, 0.1) is 17.2 Å². The van der Waals surface area contributed by atoms with Crippen molar-refractivity contribution in [2.75, 3.05) is 5.75 Å². The van der Waals surface area contributed by atoms with E-state index in [-0.39, 0.29) is 5.92 Å². The second-order valence-corrected chi connectivity index (χ2v) is 5.59. The summed E-state index contributed by atoms with van der Waals surface area (Å²) in [6.07, 6.45) is 1.30. The van der Waals surface area contributed by atoms with Crippen LogP contribution in [0.25, 0.3) is 0 Å². The Hall–Kier alpha value is -1.02. The molecule has 0 saturated heterocycles. The molecule has 94 valence electrons. The SMILES string of the molecule is CC(C)CSCc1noc(C(C)CCC#N)n1. The van der Waals surface area contributed by atoms with Crippen molar-refractivity contribution in [3.63, 3.8) is 0 Å². The monoisotopic (exact) mass is 253 g/mol. The minimum atomic E-state index is 0.172. The number of nitrogens with zero attached hydrogens (tertiary/aromatic N) is 3. The Bertz CT molecular complexity index is 370. The van der Waals surface area contributed by atoms with Gasteiger partial charge in [-0.05, 0) is 18.1 Å². The smallest absolute Gasteiger partial charge is 0.229 e. The lowest BCUT2D eigenvalue weighted by Gasteiger charge is -2.01. The molecule has 0 aliphatic heterocycles. The molecule has 0 aromatic carbocycles.